The van der Waals surface area contributed by atoms with E-state index in [0.717, 1.165) is 24.1 Å². The third-order valence-electron chi connectivity index (χ3n) is 2.95. The number of hydrogen-bond acceptors (Lipinski definition) is 2. The van der Waals surface area contributed by atoms with E-state index < -0.39 is 5.97 Å². The zero-order valence-electron chi connectivity index (χ0n) is 8.81. The van der Waals surface area contributed by atoms with Crippen molar-refractivity contribution in [2.45, 2.75) is 32.1 Å². The van der Waals surface area contributed by atoms with Crippen molar-refractivity contribution in [3.8, 4) is 0 Å². The first-order chi connectivity index (χ1) is 7.16. The van der Waals surface area contributed by atoms with Crippen LogP contribution in [0.4, 0.5) is 0 Å². The molecule has 0 bridgehead atoms. The molecule has 1 aliphatic rings. The summed E-state index contributed by atoms with van der Waals surface area (Å²) < 4.78 is 0. The van der Waals surface area contributed by atoms with E-state index in [1.165, 1.54) is 0 Å². The molecule has 1 saturated carbocycles. The van der Waals surface area contributed by atoms with Crippen LogP contribution in [0, 0.1) is 12.8 Å². The molecule has 3 nitrogen and oxygen atoms in total. The lowest BCUT2D eigenvalue weighted by Crippen LogP contribution is -2.08. The summed E-state index contributed by atoms with van der Waals surface area (Å²) in [7, 11) is 0. The predicted molar refractivity (Wildman–Crippen MR) is 56.7 cm³/mol. The van der Waals surface area contributed by atoms with Gasteiger partial charge >= 0.3 is 5.97 Å². The largest absolute Gasteiger partial charge is 0.481 e. The molecule has 80 valence electrons. The first kappa shape index (κ1) is 10.1. The number of aliphatic carboxylic acids is 1. The second-order valence-electron chi connectivity index (χ2n) is 4.27. The molecule has 3 heteroatoms. The molecular formula is C12H15NO2. The molecule has 0 radical (unpaired) electrons. The lowest BCUT2D eigenvalue weighted by Gasteiger charge is -2.13. The smallest absolute Gasteiger partial charge is 0.303 e. The van der Waals surface area contributed by atoms with Crippen molar-refractivity contribution < 1.29 is 9.90 Å². The van der Waals surface area contributed by atoms with Gasteiger partial charge in [0.2, 0.25) is 0 Å². The molecule has 0 aliphatic heterocycles. The summed E-state index contributed by atoms with van der Waals surface area (Å²) >= 11 is 0. The molecule has 1 N–H and O–H groups in total. The Labute approximate surface area is 89.2 Å². The number of pyridine rings is 1. The summed E-state index contributed by atoms with van der Waals surface area (Å²) in [6, 6.07) is 3.96. The quantitative estimate of drug-likeness (QED) is 0.820. The van der Waals surface area contributed by atoms with Gasteiger partial charge in [0.1, 0.15) is 0 Å². The summed E-state index contributed by atoms with van der Waals surface area (Å²) in [5.74, 6) is 0.00804. The third-order valence-corrected chi connectivity index (χ3v) is 2.95. The molecule has 1 aromatic rings. The molecule has 1 fully saturated rings. The minimum absolute atomic E-state index is 0.163. The zero-order valence-corrected chi connectivity index (χ0v) is 8.81. The second kappa shape index (κ2) is 4.01. The van der Waals surface area contributed by atoms with Gasteiger partial charge < -0.3 is 5.11 Å². The Morgan fingerprint density at radius 3 is 2.80 bits per heavy atom. The summed E-state index contributed by atoms with van der Waals surface area (Å²) in [5, 5.41) is 8.86. The molecule has 2 rings (SSSR count). The van der Waals surface area contributed by atoms with Crippen molar-refractivity contribution in [1.82, 2.24) is 4.98 Å². The van der Waals surface area contributed by atoms with Crippen LogP contribution < -0.4 is 0 Å². The van der Waals surface area contributed by atoms with Crippen LogP contribution >= 0.6 is 0 Å². The van der Waals surface area contributed by atoms with Crippen LogP contribution in [0.1, 0.15) is 36.4 Å². The van der Waals surface area contributed by atoms with Crippen molar-refractivity contribution in [3.63, 3.8) is 0 Å². The number of aryl methyl sites for hydroxylation is 1. The van der Waals surface area contributed by atoms with Crippen LogP contribution in [0.2, 0.25) is 0 Å². The number of aromatic nitrogens is 1. The molecule has 0 unspecified atom stereocenters. The molecule has 0 spiro atoms. The molecule has 1 aromatic heterocycles. The highest BCUT2D eigenvalue weighted by atomic mass is 16.4. The molecule has 1 aliphatic carbocycles. The normalized spacial score (nSPS) is 17.4. The van der Waals surface area contributed by atoms with Crippen LogP contribution in [0.25, 0.3) is 0 Å². The van der Waals surface area contributed by atoms with E-state index in [0.29, 0.717) is 5.92 Å². The van der Waals surface area contributed by atoms with Crippen molar-refractivity contribution in [2.75, 3.05) is 0 Å². The Hall–Kier alpha value is -1.38. The molecule has 0 aromatic carbocycles. The number of carboxylic acid groups (broad SMARTS) is 1. The molecule has 0 amide bonds. The maximum Gasteiger partial charge on any atom is 0.303 e. The molecule has 0 saturated heterocycles. The first-order valence-corrected chi connectivity index (χ1v) is 5.31. The average Bonchev–Trinajstić information content (AvgIpc) is 2.99. The lowest BCUT2D eigenvalue weighted by molar-refractivity contribution is -0.137. The van der Waals surface area contributed by atoms with Gasteiger partial charge in [0.25, 0.3) is 0 Å². The van der Waals surface area contributed by atoms with Gasteiger partial charge in [-0.1, -0.05) is 6.07 Å². The maximum absolute atomic E-state index is 10.8. The van der Waals surface area contributed by atoms with Crippen molar-refractivity contribution in [2.24, 2.45) is 5.92 Å². The molecule has 15 heavy (non-hydrogen) atoms. The molecule has 1 atom stereocenters. The van der Waals surface area contributed by atoms with Crippen LogP contribution in [0.3, 0.4) is 0 Å². The number of nitrogens with zero attached hydrogens (tertiary/aromatic N) is 1. The monoisotopic (exact) mass is 205 g/mol. The number of hydrogen-bond donors (Lipinski definition) is 1. The predicted octanol–water partition coefficient (Wildman–Crippen LogP) is 2.36. The highest BCUT2D eigenvalue weighted by molar-refractivity contribution is 5.68. The Morgan fingerprint density at radius 1 is 1.60 bits per heavy atom. The Balaban J connectivity index is 2.16. The fourth-order valence-electron chi connectivity index (χ4n) is 1.94. The molecule has 1 heterocycles. The van der Waals surface area contributed by atoms with E-state index in [1.807, 2.05) is 25.3 Å². The summed E-state index contributed by atoms with van der Waals surface area (Å²) in [4.78, 5) is 15.0. The van der Waals surface area contributed by atoms with Crippen LogP contribution in [0.5, 0.6) is 0 Å². The highest BCUT2D eigenvalue weighted by Gasteiger charge is 2.33. The lowest BCUT2D eigenvalue weighted by atomic mass is 9.92. The summed E-state index contributed by atoms with van der Waals surface area (Å²) in [6.45, 7) is 1.94. The van der Waals surface area contributed by atoms with Crippen LogP contribution in [-0.4, -0.2) is 16.1 Å². The number of rotatable bonds is 4. The van der Waals surface area contributed by atoms with E-state index >= 15 is 0 Å². The van der Waals surface area contributed by atoms with Gasteiger partial charge in [0.15, 0.2) is 0 Å². The first-order valence-electron chi connectivity index (χ1n) is 5.31. The Kier molecular flexibility index (Phi) is 2.71. The second-order valence-corrected chi connectivity index (χ2v) is 4.27. The van der Waals surface area contributed by atoms with Crippen molar-refractivity contribution in [3.05, 3.63) is 29.6 Å². The maximum atomic E-state index is 10.8. The van der Waals surface area contributed by atoms with E-state index in [1.54, 1.807) is 0 Å². The fourth-order valence-corrected chi connectivity index (χ4v) is 1.94. The third kappa shape index (κ3) is 2.55. The van der Waals surface area contributed by atoms with Crippen molar-refractivity contribution >= 4 is 5.97 Å². The van der Waals surface area contributed by atoms with Gasteiger partial charge in [-0.2, -0.15) is 0 Å². The minimum atomic E-state index is -0.715. The van der Waals surface area contributed by atoms with E-state index in [-0.39, 0.29) is 12.3 Å². The van der Waals surface area contributed by atoms with E-state index in [4.69, 9.17) is 5.11 Å². The summed E-state index contributed by atoms with van der Waals surface area (Å²) in [5.41, 5.74) is 2.05. The van der Waals surface area contributed by atoms with Gasteiger partial charge in [-0.15, -0.1) is 0 Å². The van der Waals surface area contributed by atoms with E-state index in [9.17, 15) is 4.79 Å². The Morgan fingerprint density at radius 2 is 2.33 bits per heavy atom. The summed E-state index contributed by atoms with van der Waals surface area (Å²) in [6.07, 6.45) is 4.37. The fraction of sp³-hybridized carbons (Fsp3) is 0.500. The van der Waals surface area contributed by atoms with Gasteiger partial charge in [-0.25, -0.2) is 0 Å². The van der Waals surface area contributed by atoms with Gasteiger partial charge in [-0.3, -0.25) is 9.78 Å². The Bertz CT molecular complexity index is 354. The standard InChI is InChI=1S/C12H15NO2/c1-8-2-3-10(7-13-8)11(6-12(14)15)9-4-5-9/h2-3,7,9,11H,4-6H2,1H3,(H,14,15)/t11-/m0/s1. The average molecular weight is 205 g/mol. The number of carboxylic acids is 1. The van der Waals surface area contributed by atoms with Crippen LogP contribution in [-0.2, 0) is 4.79 Å². The van der Waals surface area contributed by atoms with Crippen molar-refractivity contribution in [1.29, 1.82) is 0 Å². The zero-order chi connectivity index (χ0) is 10.8. The van der Waals surface area contributed by atoms with E-state index in [2.05, 4.69) is 4.98 Å². The van der Waals surface area contributed by atoms with Crippen LogP contribution in [0.15, 0.2) is 18.3 Å². The van der Waals surface area contributed by atoms with Gasteiger partial charge in [0.05, 0.1) is 6.42 Å². The van der Waals surface area contributed by atoms with Gasteiger partial charge in [0, 0.05) is 11.9 Å². The number of carbonyl (C=O) groups is 1. The topological polar surface area (TPSA) is 50.2 Å². The minimum Gasteiger partial charge on any atom is -0.481 e. The van der Waals surface area contributed by atoms with Gasteiger partial charge in [-0.05, 0) is 43.2 Å². The highest BCUT2D eigenvalue weighted by Crippen LogP contribution is 2.44. The SMILES string of the molecule is Cc1ccc([C@@H](CC(=O)O)C2CC2)cn1. The molecular weight excluding hydrogens is 190 g/mol.